The zero-order valence-electron chi connectivity index (χ0n) is 14.5. The Morgan fingerprint density at radius 3 is 1.79 bits per heavy atom. The molecule has 0 saturated heterocycles. The van der Waals surface area contributed by atoms with Gasteiger partial charge in [0.2, 0.25) is 0 Å². The van der Waals surface area contributed by atoms with Crippen molar-refractivity contribution in [2.24, 2.45) is 0 Å². The summed E-state index contributed by atoms with van der Waals surface area (Å²) in [4.78, 5) is 3.52. The first-order chi connectivity index (χ1) is 13.8. The van der Waals surface area contributed by atoms with Crippen molar-refractivity contribution in [3.63, 3.8) is 0 Å². The van der Waals surface area contributed by atoms with Gasteiger partial charge in [0.05, 0.1) is 18.2 Å². The van der Waals surface area contributed by atoms with Gasteiger partial charge in [0.15, 0.2) is 5.69 Å². The Morgan fingerprint density at radius 1 is 0.679 bits per heavy atom. The first kappa shape index (κ1) is 14.8. The summed E-state index contributed by atoms with van der Waals surface area (Å²) in [5, 5.41) is 14.9. The Labute approximate surface area is 158 Å². The third kappa shape index (κ3) is 1.81. The molecule has 0 aliphatic heterocycles. The average Bonchev–Trinajstić information content (AvgIpc) is 3.30. The van der Waals surface area contributed by atoms with E-state index >= 15 is 0 Å². The van der Waals surface area contributed by atoms with Gasteiger partial charge in [-0.05, 0) is 54.6 Å². The lowest BCUT2D eigenvalue weighted by Crippen LogP contribution is -1.76. The largest absolute Gasteiger partial charge is 0.456 e. The maximum Gasteiger partial charge on any atom is 0.188 e. The molecule has 4 nitrogen and oxygen atoms in total. The highest BCUT2D eigenvalue weighted by Gasteiger charge is 2.15. The molecule has 6 rings (SSSR count). The second kappa shape index (κ2) is 5.13. The van der Waals surface area contributed by atoms with Crippen molar-refractivity contribution in [1.29, 1.82) is 5.26 Å². The summed E-state index contributed by atoms with van der Waals surface area (Å²) < 4.78 is 12.3. The predicted molar refractivity (Wildman–Crippen MR) is 109 cm³/mol. The molecular weight excluding hydrogens is 348 g/mol. The summed E-state index contributed by atoms with van der Waals surface area (Å²) in [5.41, 5.74) is 4.29. The third-order valence-corrected chi connectivity index (χ3v) is 5.31. The lowest BCUT2D eigenvalue weighted by atomic mass is 10.0. The molecule has 4 heteroatoms. The standard InChI is InChI=1S/C24H10N2O2/c1-26-14-3-9-22-20(11-14)18-7-5-15-16(24(18)28-22)4-6-17-19-10-13(12-25)2-8-21(19)27-23(15)17/h2-11H. The molecule has 6 aromatic rings. The fourth-order valence-electron chi connectivity index (χ4n) is 4.00. The fraction of sp³-hybridized carbons (Fsp3) is 0. The lowest BCUT2D eigenvalue weighted by Gasteiger charge is -2.00. The van der Waals surface area contributed by atoms with Gasteiger partial charge in [0, 0.05) is 32.3 Å². The molecule has 128 valence electrons. The fourth-order valence-corrected chi connectivity index (χ4v) is 4.00. The van der Waals surface area contributed by atoms with Crippen molar-refractivity contribution in [3.8, 4) is 6.07 Å². The summed E-state index contributed by atoms with van der Waals surface area (Å²) >= 11 is 0. The second-order valence-electron chi connectivity index (χ2n) is 6.80. The molecule has 28 heavy (non-hydrogen) atoms. The van der Waals surface area contributed by atoms with Gasteiger partial charge in [-0.3, -0.25) is 0 Å². The van der Waals surface area contributed by atoms with E-state index in [1.165, 1.54) is 0 Å². The van der Waals surface area contributed by atoms with Crippen molar-refractivity contribution in [2.75, 3.05) is 0 Å². The highest BCUT2D eigenvalue weighted by molar-refractivity contribution is 6.22. The molecule has 0 aliphatic carbocycles. The molecule has 0 aliphatic rings. The average molecular weight is 358 g/mol. The number of nitriles is 1. The van der Waals surface area contributed by atoms with Crippen LogP contribution in [0.15, 0.2) is 69.5 Å². The van der Waals surface area contributed by atoms with Gasteiger partial charge in [-0.2, -0.15) is 5.26 Å². The van der Waals surface area contributed by atoms with E-state index in [9.17, 15) is 5.26 Å². The Morgan fingerprint density at radius 2 is 1.21 bits per heavy atom. The maximum atomic E-state index is 9.19. The molecule has 0 spiro atoms. The number of hydrogen-bond acceptors (Lipinski definition) is 3. The highest BCUT2D eigenvalue weighted by atomic mass is 16.3. The zero-order chi connectivity index (χ0) is 18.8. The van der Waals surface area contributed by atoms with E-state index in [4.69, 9.17) is 15.4 Å². The van der Waals surface area contributed by atoms with E-state index in [1.807, 2.05) is 48.5 Å². The summed E-state index contributed by atoms with van der Waals surface area (Å²) in [7, 11) is 0. The number of nitrogens with zero attached hydrogens (tertiary/aromatic N) is 2. The molecule has 0 N–H and O–H groups in total. The molecule has 0 saturated carbocycles. The molecule has 0 bridgehead atoms. The minimum absolute atomic E-state index is 0.594. The number of fused-ring (bicyclic) bond motifs is 9. The molecule has 0 radical (unpaired) electrons. The van der Waals surface area contributed by atoms with Crippen LogP contribution in [-0.4, -0.2) is 0 Å². The minimum atomic E-state index is 0.594. The number of benzene rings is 4. The highest BCUT2D eigenvalue weighted by Crippen LogP contribution is 2.40. The van der Waals surface area contributed by atoms with Crippen LogP contribution in [0.4, 0.5) is 5.69 Å². The van der Waals surface area contributed by atoms with Crippen LogP contribution < -0.4 is 0 Å². The summed E-state index contributed by atoms with van der Waals surface area (Å²) in [6.07, 6.45) is 0. The van der Waals surface area contributed by atoms with E-state index in [0.717, 1.165) is 54.6 Å². The van der Waals surface area contributed by atoms with E-state index in [0.29, 0.717) is 11.3 Å². The summed E-state index contributed by atoms with van der Waals surface area (Å²) in [5.74, 6) is 0. The van der Waals surface area contributed by atoms with Gasteiger partial charge in [-0.25, -0.2) is 4.85 Å². The van der Waals surface area contributed by atoms with Gasteiger partial charge >= 0.3 is 0 Å². The van der Waals surface area contributed by atoms with Crippen molar-refractivity contribution in [1.82, 2.24) is 0 Å². The lowest BCUT2D eigenvalue weighted by molar-refractivity contribution is 0.669. The van der Waals surface area contributed by atoms with Crippen molar-refractivity contribution < 1.29 is 8.83 Å². The summed E-state index contributed by atoms with van der Waals surface area (Å²) in [6, 6.07) is 21.2. The maximum absolute atomic E-state index is 9.19. The van der Waals surface area contributed by atoms with Crippen molar-refractivity contribution in [3.05, 3.63) is 77.6 Å². The van der Waals surface area contributed by atoms with Crippen LogP contribution in [0.5, 0.6) is 0 Å². The van der Waals surface area contributed by atoms with Crippen LogP contribution in [0.25, 0.3) is 59.5 Å². The monoisotopic (exact) mass is 358 g/mol. The Bertz CT molecular complexity index is 1560. The van der Waals surface area contributed by atoms with Crippen LogP contribution in [0.1, 0.15) is 5.56 Å². The van der Waals surface area contributed by atoms with Gasteiger partial charge in [0.1, 0.15) is 22.3 Å². The van der Waals surface area contributed by atoms with Crippen LogP contribution >= 0.6 is 0 Å². The van der Waals surface area contributed by atoms with Crippen LogP contribution in [0, 0.1) is 17.9 Å². The number of rotatable bonds is 0. The van der Waals surface area contributed by atoms with Crippen molar-refractivity contribution >= 4 is 60.3 Å². The first-order valence-corrected chi connectivity index (χ1v) is 8.78. The molecule has 0 amide bonds. The smallest absolute Gasteiger partial charge is 0.188 e. The molecular formula is C24H10N2O2. The quantitative estimate of drug-likeness (QED) is 0.273. The number of furan rings is 2. The topological polar surface area (TPSA) is 54.4 Å². The number of hydrogen-bond donors (Lipinski definition) is 0. The Balaban J connectivity index is 1.76. The van der Waals surface area contributed by atoms with Gasteiger partial charge < -0.3 is 8.83 Å². The predicted octanol–water partition coefficient (Wildman–Crippen LogP) is 7.06. The Hall–Kier alpha value is -4.28. The molecule has 0 unspecified atom stereocenters. The van der Waals surface area contributed by atoms with E-state index in [1.54, 1.807) is 12.1 Å². The van der Waals surface area contributed by atoms with Crippen molar-refractivity contribution in [2.45, 2.75) is 0 Å². The van der Waals surface area contributed by atoms with Gasteiger partial charge in [0.25, 0.3) is 0 Å². The Kier molecular flexibility index (Phi) is 2.72. The van der Waals surface area contributed by atoms with E-state index < -0.39 is 0 Å². The SMILES string of the molecule is [C-]#[N+]c1ccc2oc3c(ccc4c3ccc3c5cc(C#N)ccc5oc34)c2c1. The molecule has 2 heterocycles. The van der Waals surface area contributed by atoms with E-state index in [2.05, 4.69) is 10.9 Å². The first-order valence-electron chi connectivity index (χ1n) is 8.78. The molecule has 4 aromatic carbocycles. The molecule has 2 aromatic heterocycles. The normalized spacial score (nSPS) is 11.5. The van der Waals surface area contributed by atoms with Crippen LogP contribution in [-0.2, 0) is 0 Å². The summed E-state index contributed by atoms with van der Waals surface area (Å²) in [6.45, 7) is 7.25. The van der Waals surface area contributed by atoms with Crippen LogP contribution in [0.3, 0.4) is 0 Å². The minimum Gasteiger partial charge on any atom is -0.456 e. The van der Waals surface area contributed by atoms with E-state index in [-0.39, 0.29) is 0 Å². The molecule has 0 atom stereocenters. The second-order valence-corrected chi connectivity index (χ2v) is 6.80. The zero-order valence-corrected chi connectivity index (χ0v) is 14.5. The van der Waals surface area contributed by atoms with Gasteiger partial charge in [-0.1, -0.05) is 6.07 Å². The third-order valence-electron chi connectivity index (χ3n) is 5.31. The van der Waals surface area contributed by atoms with Crippen LogP contribution in [0.2, 0.25) is 0 Å². The van der Waals surface area contributed by atoms with Gasteiger partial charge in [-0.15, -0.1) is 0 Å². The molecule has 0 fully saturated rings.